The van der Waals surface area contributed by atoms with E-state index in [2.05, 4.69) is 5.32 Å². The summed E-state index contributed by atoms with van der Waals surface area (Å²) in [4.78, 5) is 0. The number of nitrogens with one attached hydrogen (secondary N) is 1. The lowest BCUT2D eigenvalue weighted by molar-refractivity contribution is 0.0605. The Labute approximate surface area is 105 Å². The highest BCUT2D eigenvalue weighted by molar-refractivity contribution is 7.91. The average Bonchev–Trinajstić information content (AvgIpc) is 2.81. The van der Waals surface area contributed by atoms with Gasteiger partial charge in [-0.3, -0.25) is 0 Å². The van der Waals surface area contributed by atoms with Crippen molar-refractivity contribution in [3.63, 3.8) is 0 Å². The molecule has 1 aliphatic rings. The van der Waals surface area contributed by atoms with Gasteiger partial charge in [0.15, 0.2) is 0 Å². The minimum atomic E-state index is -2.80. The quantitative estimate of drug-likeness (QED) is 0.638. The maximum Gasteiger partial charge on any atom is 0.150 e. The maximum atomic E-state index is 11.2. The molecule has 1 rings (SSSR count). The molecule has 0 spiro atoms. The third kappa shape index (κ3) is 7.01. The minimum absolute atomic E-state index is 0.248. The van der Waals surface area contributed by atoms with Gasteiger partial charge >= 0.3 is 0 Å². The van der Waals surface area contributed by atoms with Crippen molar-refractivity contribution in [2.24, 2.45) is 0 Å². The van der Waals surface area contributed by atoms with Crippen LogP contribution in [-0.2, 0) is 14.6 Å². The van der Waals surface area contributed by atoms with E-state index in [4.69, 9.17) is 4.74 Å². The van der Waals surface area contributed by atoms with Crippen LogP contribution in [0.5, 0.6) is 0 Å². The van der Waals surface area contributed by atoms with Crippen LogP contribution in [0.4, 0.5) is 0 Å². The molecule has 0 bridgehead atoms. The first kappa shape index (κ1) is 14.9. The second kappa shape index (κ2) is 8.06. The Kier molecular flexibility index (Phi) is 7.08. The normalized spacial score (nSPS) is 17.7. The van der Waals surface area contributed by atoms with Gasteiger partial charge in [-0.25, -0.2) is 8.42 Å². The third-order valence-corrected chi connectivity index (χ3v) is 4.97. The fourth-order valence-electron chi connectivity index (χ4n) is 2.04. The topological polar surface area (TPSA) is 55.4 Å². The number of rotatable bonds is 9. The van der Waals surface area contributed by atoms with Gasteiger partial charge in [0.05, 0.1) is 18.5 Å². The van der Waals surface area contributed by atoms with E-state index in [1.807, 2.05) is 0 Å². The second-order valence-corrected chi connectivity index (χ2v) is 7.09. The molecular weight excluding hydrogens is 238 g/mol. The molecule has 0 amide bonds. The Balaban J connectivity index is 1.87. The fraction of sp³-hybridized carbons (Fsp3) is 1.00. The predicted octanol–water partition coefficient (Wildman–Crippen LogP) is 1.36. The Bertz CT molecular complexity index is 284. The minimum Gasteiger partial charge on any atom is -0.377 e. The molecule has 0 aromatic rings. The van der Waals surface area contributed by atoms with Gasteiger partial charge in [-0.15, -0.1) is 0 Å². The van der Waals surface area contributed by atoms with Crippen molar-refractivity contribution >= 4 is 9.84 Å². The first-order chi connectivity index (χ1) is 8.14. The zero-order valence-corrected chi connectivity index (χ0v) is 11.6. The van der Waals surface area contributed by atoms with Gasteiger partial charge < -0.3 is 10.1 Å². The number of hydrogen-bond acceptors (Lipinski definition) is 4. The molecule has 1 aliphatic carbocycles. The first-order valence-electron chi connectivity index (χ1n) is 6.67. The van der Waals surface area contributed by atoms with E-state index in [9.17, 15) is 8.42 Å². The molecule has 0 aromatic heterocycles. The molecule has 102 valence electrons. The molecule has 0 saturated heterocycles. The summed E-state index contributed by atoms with van der Waals surface area (Å²) in [6.45, 7) is 4.01. The zero-order valence-electron chi connectivity index (χ0n) is 10.8. The average molecular weight is 263 g/mol. The molecule has 0 heterocycles. The summed E-state index contributed by atoms with van der Waals surface area (Å²) in [6.07, 6.45) is 6.17. The summed E-state index contributed by atoms with van der Waals surface area (Å²) in [5.41, 5.74) is 0. The number of sulfone groups is 1. The van der Waals surface area contributed by atoms with Crippen molar-refractivity contribution in [1.82, 2.24) is 5.32 Å². The van der Waals surface area contributed by atoms with Crippen LogP contribution >= 0.6 is 0 Å². The van der Waals surface area contributed by atoms with E-state index >= 15 is 0 Å². The molecule has 0 aromatic carbocycles. The molecule has 0 aliphatic heterocycles. The van der Waals surface area contributed by atoms with E-state index in [0.717, 1.165) is 19.7 Å². The number of hydrogen-bond donors (Lipinski definition) is 1. The highest BCUT2D eigenvalue weighted by Gasteiger charge is 2.14. The van der Waals surface area contributed by atoms with Crippen molar-refractivity contribution in [3.8, 4) is 0 Å². The molecule has 0 radical (unpaired) electrons. The van der Waals surface area contributed by atoms with Crippen LogP contribution in [0.2, 0.25) is 0 Å². The van der Waals surface area contributed by atoms with Crippen molar-refractivity contribution in [2.75, 3.05) is 31.2 Å². The van der Waals surface area contributed by atoms with E-state index < -0.39 is 9.84 Å². The summed E-state index contributed by atoms with van der Waals surface area (Å²) in [7, 11) is -2.80. The SMILES string of the molecule is CCS(=O)(=O)CCCNCCOC1CCCC1. The molecular formula is C12H25NO3S. The summed E-state index contributed by atoms with van der Waals surface area (Å²) in [5, 5.41) is 3.22. The van der Waals surface area contributed by atoms with Gasteiger partial charge in [0.1, 0.15) is 9.84 Å². The smallest absolute Gasteiger partial charge is 0.150 e. The zero-order chi connectivity index (χ0) is 12.6. The van der Waals surface area contributed by atoms with Gasteiger partial charge in [0.25, 0.3) is 0 Å². The van der Waals surface area contributed by atoms with Crippen LogP contribution in [0.3, 0.4) is 0 Å². The van der Waals surface area contributed by atoms with Gasteiger partial charge in [-0.05, 0) is 25.8 Å². The van der Waals surface area contributed by atoms with Crippen molar-refractivity contribution in [2.45, 2.75) is 45.1 Å². The molecule has 0 unspecified atom stereocenters. The summed E-state index contributed by atoms with van der Waals surface area (Å²) in [6, 6.07) is 0. The maximum absolute atomic E-state index is 11.2. The standard InChI is InChI=1S/C12H25NO3S/c1-2-17(14,15)11-5-8-13-9-10-16-12-6-3-4-7-12/h12-13H,2-11H2,1H3. The van der Waals surface area contributed by atoms with Crippen LogP contribution in [0, 0.1) is 0 Å². The number of ether oxygens (including phenoxy) is 1. The molecule has 4 nitrogen and oxygen atoms in total. The largest absolute Gasteiger partial charge is 0.377 e. The lowest BCUT2D eigenvalue weighted by Crippen LogP contribution is -2.24. The van der Waals surface area contributed by atoms with Crippen LogP contribution in [0.15, 0.2) is 0 Å². The monoisotopic (exact) mass is 263 g/mol. The van der Waals surface area contributed by atoms with Gasteiger partial charge in [0.2, 0.25) is 0 Å². The summed E-state index contributed by atoms with van der Waals surface area (Å²) in [5.74, 6) is 0.539. The fourth-order valence-corrected chi connectivity index (χ4v) is 2.91. The Morgan fingerprint density at radius 3 is 2.59 bits per heavy atom. The molecule has 1 fully saturated rings. The van der Waals surface area contributed by atoms with E-state index in [1.165, 1.54) is 25.7 Å². The van der Waals surface area contributed by atoms with E-state index in [1.54, 1.807) is 6.92 Å². The van der Waals surface area contributed by atoms with Gasteiger partial charge in [-0.2, -0.15) is 0 Å². The highest BCUT2D eigenvalue weighted by Crippen LogP contribution is 2.20. The van der Waals surface area contributed by atoms with Crippen LogP contribution in [0.1, 0.15) is 39.0 Å². The molecule has 17 heavy (non-hydrogen) atoms. The Hall–Kier alpha value is -0.130. The summed E-state index contributed by atoms with van der Waals surface area (Å²) < 4.78 is 28.1. The van der Waals surface area contributed by atoms with Crippen LogP contribution < -0.4 is 5.32 Å². The molecule has 1 saturated carbocycles. The van der Waals surface area contributed by atoms with Crippen molar-refractivity contribution in [3.05, 3.63) is 0 Å². The molecule has 0 atom stereocenters. The van der Waals surface area contributed by atoms with E-state index in [-0.39, 0.29) is 5.75 Å². The first-order valence-corrected chi connectivity index (χ1v) is 8.49. The van der Waals surface area contributed by atoms with Crippen LogP contribution in [0.25, 0.3) is 0 Å². The van der Waals surface area contributed by atoms with E-state index in [0.29, 0.717) is 18.3 Å². The highest BCUT2D eigenvalue weighted by atomic mass is 32.2. The van der Waals surface area contributed by atoms with Crippen molar-refractivity contribution < 1.29 is 13.2 Å². The third-order valence-electron chi connectivity index (χ3n) is 3.18. The van der Waals surface area contributed by atoms with Gasteiger partial charge in [-0.1, -0.05) is 19.8 Å². The summed E-state index contributed by atoms with van der Waals surface area (Å²) >= 11 is 0. The lowest BCUT2D eigenvalue weighted by atomic mass is 10.3. The Morgan fingerprint density at radius 1 is 1.24 bits per heavy atom. The second-order valence-electron chi connectivity index (χ2n) is 4.62. The molecule has 5 heteroatoms. The van der Waals surface area contributed by atoms with Crippen LogP contribution in [-0.4, -0.2) is 45.7 Å². The van der Waals surface area contributed by atoms with Gasteiger partial charge in [0, 0.05) is 12.3 Å². The lowest BCUT2D eigenvalue weighted by Gasteiger charge is -2.11. The van der Waals surface area contributed by atoms with Crippen molar-refractivity contribution in [1.29, 1.82) is 0 Å². The molecule has 1 N–H and O–H groups in total. The Morgan fingerprint density at radius 2 is 1.94 bits per heavy atom. The predicted molar refractivity (Wildman–Crippen MR) is 70.0 cm³/mol.